The normalized spacial score (nSPS) is 17.0. The molecule has 2 aliphatic heterocycles. The molecule has 0 spiro atoms. The lowest BCUT2D eigenvalue weighted by atomic mass is 10.1. The molecule has 3 aromatic carbocycles. The largest absolute Gasteiger partial charge is 0.487 e. The summed E-state index contributed by atoms with van der Waals surface area (Å²) in [5.74, 6) is 1.28. The summed E-state index contributed by atoms with van der Waals surface area (Å²) in [6.45, 7) is 2.43. The summed E-state index contributed by atoms with van der Waals surface area (Å²) >= 11 is 1.64. The van der Waals surface area contributed by atoms with Crippen molar-refractivity contribution in [3.63, 3.8) is 0 Å². The smallest absolute Gasteiger partial charge is 0.256 e. The summed E-state index contributed by atoms with van der Waals surface area (Å²) in [5.41, 5.74) is 4.13. The highest BCUT2D eigenvalue weighted by Crippen LogP contribution is 2.41. The van der Waals surface area contributed by atoms with E-state index in [0.29, 0.717) is 50.0 Å². The van der Waals surface area contributed by atoms with E-state index >= 15 is 0 Å². The number of para-hydroxylation sites is 2. The Morgan fingerprint density at radius 1 is 1.05 bits per heavy atom. The molecule has 196 valence electrons. The predicted molar refractivity (Wildman–Crippen MR) is 149 cm³/mol. The lowest BCUT2D eigenvalue weighted by Crippen LogP contribution is -2.33. The van der Waals surface area contributed by atoms with Gasteiger partial charge in [-0.15, -0.1) is 11.3 Å². The first-order valence-electron chi connectivity index (χ1n) is 13.0. The highest BCUT2D eigenvalue weighted by molar-refractivity contribution is 7.21. The molecule has 7 rings (SSSR count). The van der Waals surface area contributed by atoms with Crippen LogP contribution in [-0.2, 0) is 11.3 Å². The molecule has 0 saturated carbocycles. The minimum Gasteiger partial charge on any atom is -0.487 e. The van der Waals surface area contributed by atoms with Crippen molar-refractivity contribution in [3.05, 3.63) is 90.3 Å². The van der Waals surface area contributed by atoms with E-state index in [0.717, 1.165) is 38.5 Å². The Kier molecular flexibility index (Phi) is 6.22. The molecule has 39 heavy (non-hydrogen) atoms. The standard InChI is InChI=1S/C30H26N4O4S/c35-30(23-6-1-3-8-25(23)34-12-5-11-31-34)33-13-15-37-28-21(18-33)16-20(17-26(28)38-22-10-14-36-19-22)29-32-24-7-2-4-9-27(24)39-29/h1-9,11-12,16-17,22H,10,13-15,18-19H2. The van der Waals surface area contributed by atoms with Gasteiger partial charge in [-0.25, -0.2) is 9.67 Å². The van der Waals surface area contributed by atoms with Gasteiger partial charge < -0.3 is 19.1 Å². The van der Waals surface area contributed by atoms with Crippen molar-refractivity contribution in [2.24, 2.45) is 0 Å². The van der Waals surface area contributed by atoms with Crippen molar-refractivity contribution < 1.29 is 19.0 Å². The minimum atomic E-state index is -0.0744. The van der Waals surface area contributed by atoms with Gasteiger partial charge in [-0.3, -0.25) is 4.79 Å². The first-order chi connectivity index (χ1) is 19.2. The molecule has 2 aliphatic rings. The Balaban J connectivity index is 1.28. The number of thiazole rings is 1. The summed E-state index contributed by atoms with van der Waals surface area (Å²) in [6.07, 6.45) is 4.34. The zero-order valence-electron chi connectivity index (χ0n) is 21.2. The molecule has 0 aliphatic carbocycles. The number of benzene rings is 3. The van der Waals surface area contributed by atoms with Crippen molar-refractivity contribution in [1.29, 1.82) is 0 Å². The fourth-order valence-corrected chi connectivity index (χ4v) is 6.04. The van der Waals surface area contributed by atoms with E-state index in [1.165, 1.54) is 0 Å². The lowest BCUT2D eigenvalue weighted by Gasteiger charge is -2.22. The summed E-state index contributed by atoms with van der Waals surface area (Å²) < 4.78 is 21.1. The van der Waals surface area contributed by atoms with Crippen molar-refractivity contribution >= 4 is 27.5 Å². The van der Waals surface area contributed by atoms with Gasteiger partial charge >= 0.3 is 0 Å². The molecular formula is C30H26N4O4S. The van der Waals surface area contributed by atoms with Gasteiger partial charge in [0.25, 0.3) is 5.91 Å². The predicted octanol–water partition coefficient (Wildman–Crippen LogP) is 5.35. The third-order valence-electron chi connectivity index (χ3n) is 7.00. The second-order valence-corrected chi connectivity index (χ2v) is 10.6. The number of fused-ring (bicyclic) bond motifs is 2. The van der Waals surface area contributed by atoms with E-state index in [9.17, 15) is 4.79 Å². The molecule has 1 fully saturated rings. The van der Waals surface area contributed by atoms with Crippen LogP contribution in [-0.4, -0.2) is 58.0 Å². The number of amides is 1. The molecule has 0 N–H and O–H groups in total. The van der Waals surface area contributed by atoms with Gasteiger partial charge in [-0.1, -0.05) is 24.3 Å². The molecule has 1 unspecified atom stereocenters. The number of ether oxygens (including phenoxy) is 3. The molecule has 8 nitrogen and oxygen atoms in total. The van der Waals surface area contributed by atoms with E-state index in [-0.39, 0.29) is 12.0 Å². The average Bonchev–Trinajstić information content (AvgIpc) is 3.73. The van der Waals surface area contributed by atoms with Gasteiger partial charge in [0.15, 0.2) is 11.5 Å². The second kappa shape index (κ2) is 10.2. The van der Waals surface area contributed by atoms with Crippen LogP contribution in [0.5, 0.6) is 11.5 Å². The number of carbonyl (C=O) groups is 1. The van der Waals surface area contributed by atoms with Crippen LogP contribution in [0.4, 0.5) is 0 Å². The molecule has 1 atom stereocenters. The second-order valence-electron chi connectivity index (χ2n) is 9.60. The van der Waals surface area contributed by atoms with Crippen molar-refractivity contribution in [2.45, 2.75) is 19.1 Å². The number of rotatable bonds is 5. The molecule has 1 saturated heterocycles. The summed E-state index contributed by atoms with van der Waals surface area (Å²) in [4.78, 5) is 20.6. The Morgan fingerprint density at radius 3 is 2.79 bits per heavy atom. The molecular weight excluding hydrogens is 512 g/mol. The van der Waals surface area contributed by atoms with Crippen molar-refractivity contribution in [3.8, 4) is 27.8 Å². The van der Waals surface area contributed by atoms with E-state index < -0.39 is 0 Å². The molecule has 4 heterocycles. The minimum absolute atomic E-state index is 0.0368. The van der Waals surface area contributed by atoms with Crippen LogP contribution in [0.3, 0.4) is 0 Å². The highest BCUT2D eigenvalue weighted by Gasteiger charge is 2.28. The van der Waals surface area contributed by atoms with Gasteiger partial charge in [-0.05, 0) is 42.5 Å². The maximum Gasteiger partial charge on any atom is 0.256 e. The Labute approximate surface area is 229 Å². The van der Waals surface area contributed by atoms with Crippen LogP contribution in [0.25, 0.3) is 26.5 Å². The molecule has 0 bridgehead atoms. The maximum absolute atomic E-state index is 13.9. The Bertz CT molecular complexity index is 1610. The summed E-state index contributed by atoms with van der Waals surface area (Å²) in [7, 11) is 0. The topological polar surface area (TPSA) is 78.7 Å². The van der Waals surface area contributed by atoms with Crippen LogP contribution in [0.2, 0.25) is 0 Å². The third-order valence-corrected chi connectivity index (χ3v) is 8.08. The van der Waals surface area contributed by atoms with E-state index in [1.54, 1.807) is 22.2 Å². The van der Waals surface area contributed by atoms with Crippen LogP contribution < -0.4 is 9.47 Å². The third kappa shape index (κ3) is 4.64. The number of hydrogen-bond donors (Lipinski definition) is 0. The quantitative estimate of drug-likeness (QED) is 0.300. The number of nitrogens with zero attached hydrogens (tertiary/aromatic N) is 4. The zero-order chi connectivity index (χ0) is 26.2. The first kappa shape index (κ1) is 23.9. The van der Waals surface area contributed by atoms with E-state index in [2.05, 4.69) is 17.2 Å². The molecule has 2 aromatic heterocycles. The maximum atomic E-state index is 13.9. The van der Waals surface area contributed by atoms with Gasteiger partial charge in [-0.2, -0.15) is 5.10 Å². The fourth-order valence-electron chi connectivity index (χ4n) is 5.09. The van der Waals surface area contributed by atoms with E-state index in [1.807, 2.05) is 65.7 Å². The average molecular weight is 539 g/mol. The SMILES string of the molecule is O=C(c1ccccc1-n1cccn1)N1CCOc2c(cc(-c3nc4ccccc4s3)cc2OC2CCOC2)C1. The Morgan fingerprint density at radius 2 is 1.95 bits per heavy atom. The number of hydrogen-bond acceptors (Lipinski definition) is 7. The molecule has 9 heteroatoms. The number of carbonyl (C=O) groups excluding carboxylic acids is 1. The van der Waals surface area contributed by atoms with Crippen molar-refractivity contribution in [2.75, 3.05) is 26.4 Å². The number of aromatic nitrogens is 3. The van der Waals surface area contributed by atoms with Crippen molar-refractivity contribution in [1.82, 2.24) is 19.7 Å². The highest BCUT2D eigenvalue weighted by atomic mass is 32.1. The van der Waals surface area contributed by atoms with Gasteiger partial charge in [0, 0.05) is 36.5 Å². The van der Waals surface area contributed by atoms with Gasteiger partial charge in [0.2, 0.25) is 0 Å². The molecule has 0 radical (unpaired) electrons. The van der Waals surface area contributed by atoms with Crippen LogP contribution in [0.15, 0.2) is 79.1 Å². The van der Waals surface area contributed by atoms with Crippen LogP contribution >= 0.6 is 11.3 Å². The lowest BCUT2D eigenvalue weighted by molar-refractivity contribution is 0.0732. The first-order valence-corrected chi connectivity index (χ1v) is 13.8. The Hall–Kier alpha value is -4.21. The van der Waals surface area contributed by atoms with Crippen LogP contribution in [0.1, 0.15) is 22.3 Å². The summed E-state index contributed by atoms with van der Waals surface area (Å²) in [5, 5.41) is 5.24. The fraction of sp³-hybridized carbons (Fsp3) is 0.233. The summed E-state index contributed by atoms with van der Waals surface area (Å²) in [6, 6.07) is 21.6. The zero-order valence-corrected chi connectivity index (χ0v) is 22.0. The van der Waals surface area contributed by atoms with E-state index in [4.69, 9.17) is 19.2 Å². The monoisotopic (exact) mass is 538 g/mol. The van der Waals surface area contributed by atoms with Crippen LogP contribution in [0, 0.1) is 0 Å². The van der Waals surface area contributed by atoms with Gasteiger partial charge in [0.1, 0.15) is 17.7 Å². The molecule has 5 aromatic rings. The van der Waals surface area contributed by atoms with Gasteiger partial charge in [0.05, 0.1) is 41.2 Å². The molecule has 1 amide bonds.